The van der Waals surface area contributed by atoms with Crippen LogP contribution in [0.15, 0.2) is 111 Å². The number of hydrogen-bond acceptors (Lipinski definition) is 12. The van der Waals surface area contributed by atoms with Crippen LogP contribution in [0.3, 0.4) is 0 Å². The first-order valence-electron chi connectivity index (χ1n) is 23.1. The molecule has 0 spiro atoms. The number of benzene rings is 4. The predicted molar refractivity (Wildman–Crippen MR) is 247 cm³/mol. The second-order valence-corrected chi connectivity index (χ2v) is 18.6. The van der Waals surface area contributed by atoms with Gasteiger partial charge in [-0.2, -0.15) is 0 Å². The molecule has 12 heteroatoms. The quantitative estimate of drug-likeness (QED) is 0.0435. The van der Waals surface area contributed by atoms with E-state index >= 15 is 0 Å². The van der Waals surface area contributed by atoms with Crippen molar-refractivity contribution < 1.29 is 53.4 Å². The number of carbonyl (C=O) groups is 2. The van der Waals surface area contributed by atoms with Gasteiger partial charge in [-0.3, -0.25) is 4.79 Å². The van der Waals surface area contributed by atoms with E-state index in [1.807, 2.05) is 6.07 Å². The first kappa shape index (κ1) is 46.9. The summed E-state index contributed by atoms with van der Waals surface area (Å²) in [4.78, 5) is 43.4. The first-order chi connectivity index (χ1) is 31.9. The molecule has 12 nitrogen and oxygen atoms in total. The molecule has 0 radical (unpaired) electrons. The molecule has 4 N–H and O–H groups in total. The molecule has 66 heavy (non-hydrogen) atoms. The number of hydrogen-bond donors (Lipinski definition) is 4. The molecule has 0 amide bonds. The van der Waals surface area contributed by atoms with Gasteiger partial charge in [0.15, 0.2) is 12.2 Å². The van der Waals surface area contributed by atoms with E-state index in [1.165, 1.54) is 16.7 Å². The summed E-state index contributed by atoms with van der Waals surface area (Å²) in [7, 11) is 0. The number of aliphatic hydroxyl groups excluding tert-OH is 4. The first-order valence-corrected chi connectivity index (χ1v) is 23.1. The molecule has 5 aromatic rings. The van der Waals surface area contributed by atoms with Gasteiger partial charge in [-0.15, -0.1) is 0 Å². The summed E-state index contributed by atoms with van der Waals surface area (Å²) in [6.07, 6.45) is 1.62. The van der Waals surface area contributed by atoms with E-state index < -0.39 is 54.7 Å². The summed E-state index contributed by atoms with van der Waals surface area (Å²) in [6, 6.07) is 30.8. The van der Waals surface area contributed by atoms with Crippen LogP contribution in [-0.4, -0.2) is 70.7 Å². The number of aryl methyl sites for hydroxylation is 1. The van der Waals surface area contributed by atoms with Crippen LogP contribution >= 0.6 is 0 Å². The number of esters is 2. The molecule has 1 aliphatic carbocycles. The molecule has 4 heterocycles. The molecule has 0 unspecified atom stereocenters. The Balaban J connectivity index is 1.22. The zero-order valence-corrected chi connectivity index (χ0v) is 37.9. The van der Waals surface area contributed by atoms with Crippen molar-refractivity contribution in [1.82, 2.24) is 0 Å². The van der Waals surface area contributed by atoms with E-state index in [4.69, 9.17) is 23.4 Å². The lowest BCUT2D eigenvalue weighted by Gasteiger charge is -2.44. The SMILES string of the molecule is C/C(CO)=C1\CCc2ccc(cc2)[C@@H]2CC[C@@H](c3cccc(Cc4ccccc4)c3)C[C@H]2CC(=O)O[C@@H]2c3c(ccc4c(CO)c([C@H](CCO)COCO)c(=O)oc34)OC(C)(C)[C@H]2OC1=O. The second kappa shape index (κ2) is 20.5. The third kappa shape index (κ3) is 9.89. The van der Waals surface area contributed by atoms with E-state index in [9.17, 15) is 34.8 Å². The van der Waals surface area contributed by atoms with Crippen LogP contribution in [0.25, 0.3) is 11.0 Å². The van der Waals surface area contributed by atoms with Crippen LogP contribution in [0, 0.1) is 5.92 Å². The largest absolute Gasteiger partial charge is 0.483 e. The molecular weight excluding hydrogens is 841 g/mol. The maximum absolute atomic E-state index is 14.9. The van der Waals surface area contributed by atoms with Gasteiger partial charge in [0.2, 0.25) is 0 Å². The Bertz CT molecular complexity index is 2610. The van der Waals surface area contributed by atoms with Gasteiger partial charge in [-0.25, -0.2) is 9.59 Å². The summed E-state index contributed by atoms with van der Waals surface area (Å²) >= 11 is 0. The molecule has 4 aromatic carbocycles. The molecule has 1 fully saturated rings. The van der Waals surface area contributed by atoms with Crippen molar-refractivity contribution >= 4 is 22.9 Å². The smallest absolute Gasteiger partial charge is 0.340 e. The number of carbonyl (C=O) groups excluding carboxylic acids is 2. The molecule has 348 valence electrons. The average Bonchev–Trinajstić information content (AvgIpc) is 3.31. The van der Waals surface area contributed by atoms with E-state index in [2.05, 4.69) is 72.8 Å². The minimum absolute atomic E-state index is 0.0206. The monoisotopic (exact) mass is 900 g/mol. The fourth-order valence-corrected chi connectivity index (χ4v) is 10.5. The van der Waals surface area contributed by atoms with Crippen molar-refractivity contribution in [3.8, 4) is 5.75 Å². The van der Waals surface area contributed by atoms with E-state index in [1.54, 1.807) is 32.9 Å². The summed E-state index contributed by atoms with van der Waals surface area (Å²) in [5.41, 5.74) is 4.86. The average molecular weight is 901 g/mol. The van der Waals surface area contributed by atoms with Gasteiger partial charge in [-0.1, -0.05) is 78.9 Å². The molecular formula is C54H60O12. The molecule has 4 aliphatic rings. The Hall–Kier alpha value is -5.63. The molecule has 1 saturated carbocycles. The fraction of sp³-hybridized carbons (Fsp3) is 0.426. The van der Waals surface area contributed by atoms with Gasteiger partial charge >= 0.3 is 17.6 Å². The van der Waals surface area contributed by atoms with Crippen molar-refractivity contribution in [3.63, 3.8) is 0 Å². The lowest BCUT2D eigenvalue weighted by molar-refractivity contribution is -0.188. The summed E-state index contributed by atoms with van der Waals surface area (Å²) in [5.74, 6) is -1.63. The van der Waals surface area contributed by atoms with Gasteiger partial charge in [-0.05, 0) is 135 Å². The lowest BCUT2D eigenvalue weighted by Crippen LogP contribution is -2.52. The normalized spacial score (nSPS) is 23.2. The zero-order valence-electron chi connectivity index (χ0n) is 37.9. The van der Waals surface area contributed by atoms with Crippen molar-refractivity contribution in [2.45, 2.75) is 114 Å². The Kier molecular flexibility index (Phi) is 14.6. The van der Waals surface area contributed by atoms with Gasteiger partial charge in [0.25, 0.3) is 0 Å². The molecule has 0 saturated heterocycles. The molecule has 3 aliphatic heterocycles. The standard InChI is InChI=1S/C54H60O12/c1-32(28-56)41-18-14-33-12-15-36(16-13-33)42-19-17-38(37-11-7-10-35(25-37)24-34-8-5-4-6-9-34)26-40(42)27-46(59)63-50-48-45(66-54(2,3)51(50)65-52(41)60)21-20-43-44(29-57)47(53(61)64-49(43)48)39(22-23-55)30-62-31-58/h4-13,15-16,20-21,25,38-40,42,50-51,55-58H,14,17-19,22-24,26-31H2,1-3H3/b41-32-/t38-,39-,40+,42+,50-,51+/m1/s1. The van der Waals surface area contributed by atoms with Crippen LogP contribution in [0.1, 0.15) is 128 Å². The Morgan fingerprint density at radius 3 is 2.35 bits per heavy atom. The van der Waals surface area contributed by atoms with E-state index in [-0.39, 0.29) is 90.4 Å². The summed E-state index contributed by atoms with van der Waals surface area (Å²) in [6.45, 7) is 3.11. The number of rotatable bonds is 11. The highest BCUT2D eigenvalue weighted by Crippen LogP contribution is 2.50. The highest BCUT2D eigenvalue weighted by molar-refractivity contribution is 5.90. The van der Waals surface area contributed by atoms with Crippen molar-refractivity contribution in [3.05, 3.63) is 157 Å². The lowest BCUT2D eigenvalue weighted by atomic mass is 9.68. The highest BCUT2D eigenvalue weighted by Gasteiger charge is 2.51. The number of fused-ring (bicyclic) bond motifs is 11. The number of aliphatic hydroxyl groups is 4. The molecule has 9 rings (SSSR count). The van der Waals surface area contributed by atoms with Gasteiger partial charge in [0, 0.05) is 35.5 Å². The third-order valence-corrected chi connectivity index (χ3v) is 13.9. The topological polar surface area (TPSA) is 182 Å². The van der Waals surface area contributed by atoms with Crippen LogP contribution < -0.4 is 10.4 Å². The Labute approximate surface area is 384 Å². The minimum atomic E-state index is -1.34. The maximum Gasteiger partial charge on any atom is 0.340 e. The van der Waals surface area contributed by atoms with Crippen LogP contribution in [0.2, 0.25) is 0 Å². The maximum atomic E-state index is 14.9. The summed E-state index contributed by atoms with van der Waals surface area (Å²) in [5, 5.41) is 40.8. The predicted octanol–water partition coefficient (Wildman–Crippen LogP) is 7.99. The van der Waals surface area contributed by atoms with E-state index in [0.717, 1.165) is 36.8 Å². The van der Waals surface area contributed by atoms with Crippen molar-refractivity contribution in [1.29, 1.82) is 0 Å². The van der Waals surface area contributed by atoms with E-state index in [0.29, 0.717) is 17.4 Å². The van der Waals surface area contributed by atoms with Gasteiger partial charge in [0.1, 0.15) is 23.7 Å². The molecule has 1 aromatic heterocycles. The van der Waals surface area contributed by atoms with Crippen molar-refractivity contribution in [2.75, 3.05) is 26.6 Å². The third-order valence-electron chi connectivity index (χ3n) is 13.9. The Morgan fingerprint density at radius 1 is 0.848 bits per heavy atom. The van der Waals surface area contributed by atoms with Crippen LogP contribution in [0.4, 0.5) is 0 Å². The van der Waals surface area contributed by atoms with Gasteiger partial charge < -0.3 is 43.8 Å². The van der Waals surface area contributed by atoms with Gasteiger partial charge in [0.05, 0.1) is 25.4 Å². The molecule has 6 atom stereocenters. The Morgan fingerprint density at radius 2 is 1.62 bits per heavy atom. The number of ether oxygens (including phenoxy) is 4. The van der Waals surface area contributed by atoms with Crippen molar-refractivity contribution in [2.24, 2.45) is 5.92 Å². The minimum Gasteiger partial charge on any atom is -0.483 e. The highest BCUT2D eigenvalue weighted by atomic mass is 16.6. The summed E-state index contributed by atoms with van der Waals surface area (Å²) < 4.78 is 31.0. The molecule has 2 bridgehead atoms. The zero-order chi connectivity index (χ0) is 46.5. The second-order valence-electron chi connectivity index (χ2n) is 18.6. The van der Waals surface area contributed by atoms with Crippen LogP contribution in [-0.2, 0) is 43.2 Å². The van der Waals surface area contributed by atoms with Crippen LogP contribution in [0.5, 0.6) is 5.75 Å². The fourth-order valence-electron chi connectivity index (χ4n) is 10.5.